The minimum Gasteiger partial charge on any atom is -0.487 e. The summed E-state index contributed by atoms with van der Waals surface area (Å²) in [7, 11) is 0. The van der Waals surface area contributed by atoms with Gasteiger partial charge in [-0.15, -0.1) is 0 Å². The SMILES string of the molecule is CCC(N)Cc1cc(Br)ccc1OCc1ncccc1C. The van der Waals surface area contributed by atoms with Gasteiger partial charge in [0.1, 0.15) is 12.4 Å². The van der Waals surface area contributed by atoms with Crippen molar-refractivity contribution in [3.05, 3.63) is 57.8 Å². The third-order valence-corrected chi connectivity index (χ3v) is 4.00. The van der Waals surface area contributed by atoms with Crippen molar-refractivity contribution in [2.45, 2.75) is 39.3 Å². The number of rotatable bonds is 6. The summed E-state index contributed by atoms with van der Waals surface area (Å²) in [5.41, 5.74) is 9.31. The van der Waals surface area contributed by atoms with Gasteiger partial charge in [-0.3, -0.25) is 4.98 Å². The number of hydrogen-bond donors (Lipinski definition) is 1. The van der Waals surface area contributed by atoms with Crippen LogP contribution in [0.25, 0.3) is 0 Å². The number of halogens is 1. The van der Waals surface area contributed by atoms with Gasteiger partial charge in [-0.1, -0.05) is 28.9 Å². The molecule has 0 bridgehead atoms. The molecule has 0 fully saturated rings. The van der Waals surface area contributed by atoms with Gasteiger partial charge >= 0.3 is 0 Å². The van der Waals surface area contributed by atoms with Crippen LogP contribution in [0.1, 0.15) is 30.2 Å². The third kappa shape index (κ3) is 4.55. The van der Waals surface area contributed by atoms with E-state index in [1.165, 1.54) is 0 Å². The molecule has 0 aliphatic carbocycles. The molecule has 1 atom stereocenters. The van der Waals surface area contributed by atoms with Crippen molar-refractivity contribution in [2.75, 3.05) is 0 Å². The number of ether oxygens (including phenoxy) is 1. The first-order valence-electron chi connectivity index (χ1n) is 7.17. The van der Waals surface area contributed by atoms with Crippen LogP contribution in [0.4, 0.5) is 0 Å². The van der Waals surface area contributed by atoms with Gasteiger partial charge in [-0.25, -0.2) is 0 Å². The van der Waals surface area contributed by atoms with Crippen molar-refractivity contribution in [3.8, 4) is 5.75 Å². The monoisotopic (exact) mass is 348 g/mol. The summed E-state index contributed by atoms with van der Waals surface area (Å²) < 4.78 is 7.01. The zero-order valence-corrected chi connectivity index (χ0v) is 14.1. The Morgan fingerprint density at radius 2 is 2.14 bits per heavy atom. The van der Waals surface area contributed by atoms with Crippen LogP contribution >= 0.6 is 15.9 Å². The first-order chi connectivity index (χ1) is 10.1. The highest BCUT2D eigenvalue weighted by molar-refractivity contribution is 9.10. The molecule has 2 rings (SSSR count). The molecule has 0 saturated heterocycles. The lowest BCUT2D eigenvalue weighted by molar-refractivity contribution is 0.296. The first-order valence-corrected chi connectivity index (χ1v) is 7.96. The van der Waals surface area contributed by atoms with E-state index < -0.39 is 0 Å². The fourth-order valence-corrected chi connectivity index (χ4v) is 2.50. The second-order valence-electron chi connectivity index (χ2n) is 5.18. The molecule has 1 unspecified atom stereocenters. The molecule has 112 valence electrons. The lowest BCUT2D eigenvalue weighted by atomic mass is 10.0. The van der Waals surface area contributed by atoms with Crippen LogP contribution in [0, 0.1) is 6.92 Å². The molecule has 21 heavy (non-hydrogen) atoms. The molecule has 2 aromatic rings. The summed E-state index contributed by atoms with van der Waals surface area (Å²) in [6.45, 7) is 4.62. The van der Waals surface area contributed by atoms with Crippen LogP contribution < -0.4 is 10.5 Å². The van der Waals surface area contributed by atoms with Crippen molar-refractivity contribution in [3.63, 3.8) is 0 Å². The number of aromatic nitrogens is 1. The Hall–Kier alpha value is -1.39. The Balaban J connectivity index is 2.14. The number of pyridine rings is 1. The van der Waals surface area contributed by atoms with Crippen molar-refractivity contribution >= 4 is 15.9 Å². The normalized spacial score (nSPS) is 12.2. The molecule has 0 saturated carbocycles. The minimum absolute atomic E-state index is 0.151. The Bertz CT molecular complexity index is 601. The molecule has 4 heteroatoms. The van der Waals surface area contributed by atoms with E-state index in [1.807, 2.05) is 31.2 Å². The molecule has 1 heterocycles. The van der Waals surface area contributed by atoms with Gasteiger partial charge in [-0.2, -0.15) is 0 Å². The van der Waals surface area contributed by atoms with Gasteiger partial charge in [0.25, 0.3) is 0 Å². The second-order valence-corrected chi connectivity index (χ2v) is 6.10. The smallest absolute Gasteiger partial charge is 0.130 e. The van der Waals surface area contributed by atoms with Crippen molar-refractivity contribution in [1.82, 2.24) is 4.98 Å². The van der Waals surface area contributed by atoms with E-state index in [0.29, 0.717) is 6.61 Å². The van der Waals surface area contributed by atoms with Crippen molar-refractivity contribution in [1.29, 1.82) is 0 Å². The van der Waals surface area contributed by atoms with E-state index in [0.717, 1.165) is 39.9 Å². The molecular weight excluding hydrogens is 328 g/mol. The zero-order valence-electron chi connectivity index (χ0n) is 12.5. The summed E-state index contributed by atoms with van der Waals surface area (Å²) in [5, 5.41) is 0. The third-order valence-electron chi connectivity index (χ3n) is 3.51. The predicted molar refractivity (Wildman–Crippen MR) is 89.4 cm³/mol. The molecule has 2 N–H and O–H groups in total. The summed E-state index contributed by atoms with van der Waals surface area (Å²) in [5.74, 6) is 0.882. The molecule has 1 aromatic carbocycles. The summed E-state index contributed by atoms with van der Waals surface area (Å²) in [6, 6.07) is 10.2. The summed E-state index contributed by atoms with van der Waals surface area (Å²) >= 11 is 3.51. The van der Waals surface area contributed by atoms with E-state index in [1.54, 1.807) is 6.20 Å². The number of nitrogens with zero attached hydrogens (tertiary/aromatic N) is 1. The van der Waals surface area contributed by atoms with Crippen LogP contribution in [0.5, 0.6) is 5.75 Å². The van der Waals surface area contributed by atoms with Gasteiger partial charge < -0.3 is 10.5 Å². The Kier molecular flexibility index (Phi) is 5.76. The largest absolute Gasteiger partial charge is 0.487 e. The van der Waals surface area contributed by atoms with Gasteiger partial charge in [0.05, 0.1) is 5.69 Å². The molecular formula is C17H21BrN2O. The Labute approximate surface area is 134 Å². The van der Waals surface area contributed by atoms with Gasteiger partial charge in [0, 0.05) is 16.7 Å². The van der Waals surface area contributed by atoms with Crippen LogP contribution in [0.15, 0.2) is 41.0 Å². The van der Waals surface area contributed by atoms with E-state index in [2.05, 4.69) is 33.9 Å². The van der Waals surface area contributed by atoms with E-state index in [9.17, 15) is 0 Å². The zero-order chi connectivity index (χ0) is 15.2. The standard InChI is InChI=1S/C17H21BrN2O/c1-3-15(19)10-13-9-14(18)6-7-17(13)21-11-16-12(2)5-4-8-20-16/h4-9,15H,3,10-11,19H2,1-2H3. The topological polar surface area (TPSA) is 48.1 Å². The van der Waals surface area contributed by atoms with Crippen molar-refractivity contribution in [2.24, 2.45) is 5.73 Å². The average molecular weight is 349 g/mol. The highest BCUT2D eigenvalue weighted by Crippen LogP contribution is 2.25. The first kappa shape index (κ1) is 16.0. The van der Waals surface area contributed by atoms with Crippen LogP contribution in [0.3, 0.4) is 0 Å². The molecule has 1 aromatic heterocycles. The van der Waals surface area contributed by atoms with Gasteiger partial charge in [-0.05, 0) is 55.2 Å². The predicted octanol–water partition coefficient (Wildman–Crippen LogP) is 4.01. The van der Waals surface area contributed by atoms with Gasteiger partial charge in [0.15, 0.2) is 0 Å². The Morgan fingerprint density at radius 3 is 2.86 bits per heavy atom. The number of hydrogen-bond acceptors (Lipinski definition) is 3. The molecule has 0 aliphatic rings. The number of nitrogens with two attached hydrogens (primary N) is 1. The lowest BCUT2D eigenvalue weighted by Gasteiger charge is -2.15. The minimum atomic E-state index is 0.151. The maximum Gasteiger partial charge on any atom is 0.130 e. The van der Waals surface area contributed by atoms with Crippen LogP contribution in [-0.4, -0.2) is 11.0 Å². The molecule has 0 aliphatic heterocycles. The van der Waals surface area contributed by atoms with E-state index in [4.69, 9.17) is 10.5 Å². The van der Waals surface area contributed by atoms with Gasteiger partial charge in [0.2, 0.25) is 0 Å². The van der Waals surface area contributed by atoms with E-state index in [-0.39, 0.29) is 6.04 Å². The molecule has 0 spiro atoms. The highest BCUT2D eigenvalue weighted by Gasteiger charge is 2.10. The number of benzene rings is 1. The second kappa shape index (κ2) is 7.57. The average Bonchev–Trinajstić information content (AvgIpc) is 2.48. The molecule has 3 nitrogen and oxygen atoms in total. The fourth-order valence-electron chi connectivity index (χ4n) is 2.09. The van der Waals surface area contributed by atoms with E-state index >= 15 is 0 Å². The number of aryl methyl sites for hydroxylation is 1. The molecule has 0 amide bonds. The lowest BCUT2D eigenvalue weighted by Crippen LogP contribution is -2.21. The molecule has 0 radical (unpaired) electrons. The summed E-state index contributed by atoms with van der Waals surface area (Å²) in [6.07, 6.45) is 3.55. The maximum absolute atomic E-state index is 6.07. The quantitative estimate of drug-likeness (QED) is 0.857. The highest BCUT2D eigenvalue weighted by atomic mass is 79.9. The maximum atomic E-state index is 6.07. The van der Waals surface area contributed by atoms with Crippen LogP contribution in [0.2, 0.25) is 0 Å². The summed E-state index contributed by atoms with van der Waals surface area (Å²) in [4.78, 5) is 4.36. The Morgan fingerprint density at radius 1 is 1.33 bits per heavy atom. The van der Waals surface area contributed by atoms with Crippen molar-refractivity contribution < 1.29 is 4.74 Å². The van der Waals surface area contributed by atoms with Crippen LogP contribution in [-0.2, 0) is 13.0 Å². The fraction of sp³-hybridized carbons (Fsp3) is 0.353.